The highest BCUT2D eigenvalue weighted by Crippen LogP contribution is 2.22. The minimum Gasteiger partial charge on any atom is -0.376 e. The van der Waals surface area contributed by atoms with Crippen LogP contribution in [0.3, 0.4) is 0 Å². The van der Waals surface area contributed by atoms with Crippen LogP contribution in [0.2, 0.25) is 0 Å². The van der Waals surface area contributed by atoms with Crippen molar-refractivity contribution in [2.24, 2.45) is 5.73 Å². The molecular weight excluding hydrogens is 164 g/mol. The Bertz CT molecular complexity index is 371. The van der Waals surface area contributed by atoms with E-state index in [9.17, 15) is 4.79 Å². The summed E-state index contributed by atoms with van der Waals surface area (Å²) in [6.07, 6.45) is 3.67. The van der Waals surface area contributed by atoms with E-state index in [0.29, 0.717) is 0 Å². The second kappa shape index (κ2) is 2.94. The van der Waals surface area contributed by atoms with Crippen LogP contribution in [0.4, 0.5) is 0 Å². The number of nitrogens with one attached hydrogen (secondary N) is 1. The maximum absolute atomic E-state index is 11.0. The van der Waals surface area contributed by atoms with E-state index in [-0.39, 0.29) is 11.9 Å². The van der Waals surface area contributed by atoms with E-state index in [1.807, 2.05) is 30.3 Å². The molecule has 1 heterocycles. The largest absolute Gasteiger partial charge is 0.376 e. The van der Waals surface area contributed by atoms with E-state index in [1.54, 1.807) is 6.20 Å². The van der Waals surface area contributed by atoms with Crippen LogP contribution < -0.4 is 11.1 Å². The number of fused-ring (bicyclic) bond motifs is 1. The molecule has 2 rings (SSSR count). The first-order valence-electron chi connectivity index (χ1n) is 4.10. The molecule has 1 unspecified atom stereocenters. The fourth-order valence-electron chi connectivity index (χ4n) is 1.48. The molecule has 0 saturated heterocycles. The van der Waals surface area contributed by atoms with Crippen LogP contribution >= 0.6 is 0 Å². The summed E-state index contributed by atoms with van der Waals surface area (Å²) in [5.74, 6) is -0.350. The summed E-state index contributed by atoms with van der Waals surface area (Å²) in [5, 5.41) is 2.92. The number of hydrogen-bond acceptors (Lipinski definition) is 2. The molecule has 0 saturated carbocycles. The first-order valence-corrected chi connectivity index (χ1v) is 4.10. The molecule has 1 aliphatic heterocycles. The highest BCUT2D eigenvalue weighted by molar-refractivity contribution is 5.84. The molecule has 0 radical (unpaired) electrons. The molecule has 1 amide bonds. The Balaban J connectivity index is 2.49. The van der Waals surface area contributed by atoms with Crippen LogP contribution in [0.1, 0.15) is 17.2 Å². The lowest BCUT2D eigenvalue weighted by Crippen LogP contribution is -2.32. The van der Waals surface area contributed by atoms with Crippen LogP contribution in [0, 0.1) is 0 Å². The average molecular weight is 174 g/mol. The molecule has 0 aromatic heterocycles. The molecule has 0 aliphatic carbocycles. The topological polar surface area (TPSA) is 55.1 Å². The number of primary amides is 1. The van der Waals surface area contributed by atoms with Gasteiger partial charge in [0.15, 0.2) is 0 Å². The van der Waals surface area contributed by atoms with Gasteiger partial charge < -0.3 is 11.1 Å². The standard InChI is InChI=1S/C10H10N2O/c11-10(13)9-8-4-2-1-3-7(8)5-6-12-9/h1-6,9,12H,(H2,11,13). The maximum atomic E-state index is 11.0. The zero-order valence-corrected chi connectivity index (χ0v) is 7.03. The monoisotopic (exact) mass is 174 g/mol. The number of carbonyl (C=O) groups excluding carboxylic acids is 1. The number of benzene rings is 1. The molecule has 1 aromatic rings. The van der Waals surface area contributed by atoms with E-state index in [0.717, 1.165) is 11.1 Å². The van der Waals surface area contributed by atoms with Gasteiger partial charge in [-0.05, 0) is 23.4 Å². The highest BCUT2D eigenvalue weighted by atomic mass is 16.1. The fourth-order valence-corrected chi connectivity index (χ4v) is 1.48. The Hall–Kier alpha value is -1.77. The lowest BCUT2D eigenvalue weighted by atomic mass is 9.97. The van der Waals surface area contributed by atoms with Crippen molar-refractivity contribution >= 4 is 12.0 Å². The van der Waals surface area contributed by atoms with Gasteiger partial charge in [-0.3, -0.25) is 4.79 Å². The zero-order valence-electron chi connectivity index (χ0n) is 7.03. The van der Waals surface area contributed by atoms with Crippen LogP contribution in [-0.2, 0) is 4.79 Å². The molecule has 0 fully saturated rings. The Kier molecular flexibility index (Phi) is 1.77. The van der Waals surface area contributed by atoms with Gasteiger partial charge in [-0.25, -0.2) is 0 Å². The van der Waals surface area contributed by atoms with Crippen molar-refractivity contribution in [2.75, 3.05) is 0 Å². The molecule has 1 aliphatic rings. The molecular formula is C10H10N2O. The lowest BCUT2D eigenvalue weighted by molar-refractivity contribution is -0.119. The number of nitrogens with two attached hydrogens (primary N) is 1. The first kappa shape index (κ1) is 7.86. The smallest absolute Gasteiger partial charge is 0.244 e. The number of hydrogen-bond donors (Lipinski definition) is 2. The van der Waals surface area contributed by atoms with E-state index < -0.39 is 0 Å². The molecule has 13 heavy (non-hydrogen) atoms. The third-order valence-electron chi connectivity index (χ3n) is 2.12. The Morgan fingerprint density at radius 2 is 2.15 bits per heavy atom. The van der Waals surface area contributed by atoms with Crippen molar-refractivity contribution in [1.82, 2.24) is 5.32 Å². The second-order valence-electron chi connectivity index (χ2n) is 2.96. The number of carbonyl (C=O) groups is 1. The van der Waals surface area contributed by atoms with Crippen molar-refractivity contribution < 1.29 is 4.79 Å². The van der Waals surface area contributed by atoms with Gasteiger partial charge in [0, 0.05) is 0 Å². The highest BCUT2D eigenvalue weighted by Gasteiger charge is 2.20. The summed E-state index contributed by atoms with van der Waals surface area (Å²) in [6.45, 7) is 0. The molecule has 1 atom stereocenters. The predicted octanol–water partition coefficient (Wildman–Crippen LogP) is 0.787. The average Bonchev–Trinajstić information content (AvgIpc) is 2.17. The summed E-state index contributed by atoms with van der Waals surface area (Å²) in [5.41, 5.74) is 7.24. The Morgan fingerprint density at radius 3 is 2.92 bits per heavy atom. The summed E-state index contributed by atoms with van der Waals surface area (Å²) >= 11 is 0. The summed E-state index contributed by atoms with van der Waals surface area (Å²) in [4.78, 5) is 11.0. The van der Waals surface area contributed by atoms with Crippen molar-refractivity contribution in [3.63, 3.8) is 0 Å². The van der Waals surface area contributed by atoms with E-state index in [4.69, 9.17) is 5.73 Å². The Labute approximate surface area is 76.2 Å². The fraction of sp³-hybridized carbons (Fsp3) is 0.100. The third kappa shape index (κ3) is 1.28. The van der Waals surface area contributed by atoms with Gasteiger partial charge in [0.1, 0.15) is 6.04 Å². The van der Waals surface area contributed by atoms with Gasteiger partial charge >= 0.3 is 0 Å². The predicted molar refractivity (Wildman–Crippen MR) is 50.5 cm³/mol. The Morgan fingerprint density at radius 1 is 1.38 bits per heavy atom. The van der Waals surface area contributed by atoms with Gasteiger partial charge in [-0.2, -0.15) is 0 Å². The normalized spacial score (nSPS) is 18.9. The van der Waals surface area contributed by atoms with Gasteiger partial charge in [-0.15, -0.1) is 0 Å². The zero-order chi connectivity index (χ0) is 9.26. The van der Waals surface area contributed by atoms with Crippen molar-refractivity contribution in [3.8, 4) is 0 Å². The minimum absolute atomic E-state index is 0.350. The van der Waals surface area contributed by atoms with Crippen LogP contribution in [0.5, 0.6) is 0 Å². The number of amides is 1. The van der Waals surface area contributed by atoms with Crippen molar-refractivity contribution in [3.05, 3.63) is 41.6 Å². The summed E-state index contributed by atoms with van der Waals surface area (Å²) in [6, 6.07) is 7.31. The van der Waals surface area contributed by atoms with Gasteiger partial charge in [0.05, 0.1) is 0 Å². The minimum atomic E-state index is -0.388. The SMILES string of the molecule is NC(=O)C1NC=Cc2ccccc21. The molecule has 1 aromatic carbocycles. The maximum Gasteiger partial charge on any atom is 0.244 e. The molecule has 0 spiro atoms. The van der Waals surface area contributed by atoms with E-state index in [2.05, 4.69) is 5.32 Å². The van der Waals surface area contributed by atoms with E-state index in [1.165, 1.54) is 0 Å². The quantitative estimate of drug-likeness (QED) is 0.661. The van der Waals surface area contributed by atoms with Crippen LogP contribution in [0.25, 0.3) is 6.08 Å². The van der Waals surface area contributed by atoms with Gasteiger partial charge in [0.25, 0.3) is 0 Å². The van der Waals surface area contributed by atoms with Crippen LogP contribution in [0.15, 0.2) is 30.5 Å². The van der Waals surface area contributed by atoms with E-state index >= 15 is 0 Å². The molecule has 66 valence electrons. The number of rotatable bonds is 1. The molecule has 3 nitrogen and oxygen atoms in total. The molecule has 0 bridgehead atoms. The third-order valence-corrected chi connectivity index (χ3v) is 2.12. The second-order valence-corrected chi connectivity index (χ2v) is 2.96. The molecule has 3 N–H and O–H groups in total. The van der Waals surface area contributed by atoms with Crippen LogP contribution in [-0.4, -0.2) is 5.91 Å². The van der Waals surface area contributed by atoms with Gasteiger partial charge in [-0.1, -0.05) is 24.3 Å². The summed E-state index contributed by atoms with van der Waals surface area (Å²) < 4.78 is 0. The van der Waals surface area contributed by atoms with Crippen molar-refractivity contribution in [2.45, 2.75) is 6.04 Å². The van der Waals surface area contributed by atoms with Crippen molar-refractivity contribution in [1.29, 1.82) is 0 Å². The van der Waals surface area contributed by atoms with Gasteiger partial charge in [0.2, 0.25) is 5.91 Å². The molecule has 3 heteroatoms. The lowest BCUT2D eigenvalue weighted by Gasteiger charge is -2.20. The summed E-state index contributed by atoms with van der Waals surface area (Å²) in [7, 11) is 0. The first-order chi connectivity index (χ1) is 6.29.